The van der Waals surface area contributed by atoms with Gasteiger partial charge in [0, 0.05) is 6.04 Å². The van der Waals surface area contributed by atoms with Gasteiger partial charge in [-0.05, 0) is 35.7 Å². The predicted octanol–water partition coefficient (Wildman–Crippen LogP) is 2.17. The second-order valence-electron chi connectivity index (χ2n) is 5.61. The molecule has 0 spiro atoms. The fraction of sp³-hybridized carbons (Fsp3) is 0.294. The van der Waals surface area contributed by atoms with E-state index in [2.05, 4.69) is 40.5 Å². The molecule has 3 amide bonds. The molecule has 1 aliphatic rings. The van der Waals surface area contributed by atoms with Crippen molar-refractivity contribution in [1.29, 1.82) is 0 Å². The van der Waals surface area contributed by atoms with Crippen molar-refractivity contribution < 1.29 is 9.59 Å². The number of nitrogens with two attached hydrogens (primary N) is 1. The van der Waals surface area contributed by atoms with E-state index in [0.717, 1.165) is 19.4 Å². The van der Waals surface area contributed by atoms with Gasteiger partial charge in [-0.15, -0.1) is 0 Å². The maximum absolute atomic E-state index is 11.8. The van der Waals surface area contributed by atoms with Crippen molar-refractivity contribution in [1.82, 2.24) is 10.2 Å². The topological polar surface area (TPSA) is 75.4 Å². The molecule has 0 unspecified atom stereocenters. The Morgan fingerprint density at radius 3 is 2.77 bits per heavy atom. The Morgan fingerprint density at radius 2 is 1.95 bits per heavy atom. The van der Waals surface area contributed by atoms with Gasteiger partial charge >= 0.3 is 6.03 Å². The zero-order chi connectivity index (χ0) is 15.5. The van der Waals surface area contributed by atoms with E-state index >= 15 is 0 Å². The van der Waals surface area contributed by atoms with E-state index in [4.69, 9.17) is 5.73 Å². The van der Waals surface area contributed by atoms with Crippen molar-refractivity contribution in [3.8, 4) is 0 Å². The Morgan fingerprint density at radius 1 is 1.18 bits per heavy atom. The highest BCUT2D eigenvalue weighted by Crippen LogP contribution is 2.35. The molecule has 0 aromatic heterocycles. The number of imide groups is 1. The third kappa shape index (κ3) is 2.94. The summed E-state index contributed by atoms with van der Waals surface area (Å²) in [5, 5.41) is 4.56. The minimum absolute atomic E-state index is 0.191. The van der Waals surface area contributed by atoms with Gasteiger partial charge < -0.3 is 5.73 Å². The van der Waals surface area contributed by atoms with Crippen LogP contribution in [0.2, 0.25) is 0 Å². The molecule has 1 saturated heterocycles. The van der Waals surface area contributed by atoms with Crippen molar-refractivity contribution in [3.63, 3.8) is 0 Å². The number of fused-ring (bicyclic) bond motifs is 1. The molecule has 114 valence electrons. The van der Waals surface area contributed by atoms with Gasteiger partial charge in [0.15, 0.2) is 0 Å². The molecule has 3 N–H and O–H groups in total. The van der Waals surface area contributed by atoms with Crippen LogP contribution in [0.4, 0.5) is 4.79 Å². The van der Waals surface area contributed by atoms with Gasteiger partial charge in [0.25, 0.3) is 0 Å². The predicted molar refractivity (Wildman–Crippen MR) is 85.2 cm³/mol. The average molecular weight is 297 g/mol. The standard InChI is InChI=1S/C17H19N3O2/c18-17(22)19-16(21)11-20-10-4-9-15(20)14-8-3-6-12-5-1-2-7-13(12)14/h1-3,5-8,15H,4,9-11H2,(H3,18,19,21,22)/t15-/m1/s1. The normalized spacial score (nSPS) is 18.5. The number of benzene rings is 2. The van der Waals surface area contributed by atoms with Crippen LogP contribution >= 0.6 is 0 Å². The number of carbonyl (C=O) groups is 2. The lowest BCUT2D eigenvalue weighted by atomic mass is 9.97. The molecule has 22 heavy (non-hydrogen) atoms. The molecular formula is C17H19N3O2. The molecule has 0 aliphatic carbocycles. The monoisotopic (exact) mass is 297 g/mol. The van der Waals surface area contributed by atoms with Crippen molar-refractivity contribution >= 4 is 22.7 Å². The van der Waals surface area contributed by atoms with Gasteiger partial charge in [-0.2, -0.15) is 0 Å². The van der Waals surface area contributed by atoms with Crippen molar-refractivity contribution in [2.24, 2.45) is 5.73 Å². The number of urea groups is 1. The Balaban J connectivity index is 1.86. The number of hydrogen-bond acceptors (Lipinski definition) is 3. The third-order valence-corrected chi connectivity index (χ3v) is 4.16. The molecule has 2 aromatic rings. The molecule has 1 heterocycles. The molecule has 2 aromatic carbocycles. The number of amides is 3. The summed E-state index contributed by atoms with van der Waals surface area (Å²) in [7, 11) is 0. The van der Waals surface area contributed by atoms with Gasteiger partial charge in [0.1, 0.15) is 0 Å². The highest BCUT2D eigenvalue weighted by molar-refractivity contribution is 5.94. The Kier molecular flexibility index (Phi) is 4.06. The molecule has 0 saturated carbocycles. The summed E-state index contributed by atoms with van der Waals surface area (Å²) in [4.78, 5) is 24.7. The van der Waals surface area contributed by atoms with Crippen LogP contribution in [0.3, 0.4) is 0 Å². The first-order valence-electron chi connectivity index (χ1n) is 7.46. The van der Waals surface area contributed by atoms with Crippen molar-refractivity contribution in [3.05, 3.63) is 48.0 Å². The first-order chi connectivity index (χ1) is 10.6. The summed E-state index contributed by atoms with van der Waals surface area (Å²) in [5.74, 6) is -0.348. The minimum atomic E-state index is -0.800. The molecule has 0 bridgehead atoms. The maximum atomic E-state index is 11.8. The van der Waals surface area contributed by atoms with Crippen LogP contribution in [0.15, 0.2) is 42.5 Å². The van der Waals surface area contributed by atoms with Crippen LogP contribution in [0.1, 0.15) is 24.4 Å². The zero-order valence-electron chi connectivity index (χ0n) is 12.3. The van der Waals surface area contributed by atoms with Gasteiger partial charge in [0.05, 0.1) is 6.54 Å². The highest BCUT2D eigenvalue weighted by Gasteiger charge is 2.28. The van der Waals surface area contributed by atoms with Gasteiger partial charge in [-0.1, -0.05) is 42.5 Å². The second kappa shape index (κ2) is 6.15. The van der Waals surface area contributed by atoms with Crippen molar-refractivity contribution in [2.75, 3.05) is 13.1 Å². The largest absolute Gasteiger partial charge is 0.351 e. The molecule has 1 fully saturated rings. The number of likely N-dealkylation sites (tertiary alicyclic amines) is 1. The lowest BCUT2D eigenvalue weighted by Crippen LogP contribution is -2.42. The van der Waals surface area contributed by atoms with Crippen LogP contribution < -0.4 is 11.1 Å². The van der Waals surface area contributed by atoms with E-state index < -0.39 is 6.03 Å². The van der Waals surface area contributed by atoms with Crippen LogP contribution in [0.5, 0.6) is 0 Å². The quantitative estimate of drug-likeness (QED) is 0.911. The SMILES string of the molecule is NC(=O)NC(=O)CN1CCC[C@@H]1c1cccc2ccccc12. The summed E-state index contributed by atoms with van der Waals surface area (Å²) in [5.41, 5.74) is 6.24. The van der Waals surface area contributed by atoms with Crippen LogP contribution in [0.25, 0.3) is 10.8 Å². The van der Waals surface area contributed by atoms with Gasteiger partial charge in [-0.25, -0.2) is 4.79 Å². The molecule has 3 rings (SSSR count). The first kappa shape index (κ1) is 14.5. The van der Waals surface area contributed by atoms with Crippen molar-refractivity contribution in [2.45, 2.75) is 18.9 Å². The highest BCUT2D eigenvalue weighted by atomic mass is 16.2. The zero-order valence-corrected chi connectivity index (χ0v) is 12.3. The first-order valence-corrected chi connectivity index (χ1v) is 7.46. The second-order valence-corrected chi connectivity index (χ2v) is 5.61. The average Bonchev–Trinajstić information content (AvgIpc) is 2.93. The summed E-state index contributed by atoms with van der Waals surface area (Å²) in [6, 6.07) is 13.9. The molecule has 1 atom stereocenters. The summed E-state index contributed by atoms with van der Waals surface area (Å²) < 4.78 is 0. The number of hydrogen-bond donors (Lipinski definition) is 2. The summed E-state index contributed by atoms with van der Waals surface area (Å²) >= 11 is 0. The maximum Gasteiger partial charge on any atom is 0.318 e. The third-order valence-electron chi connectivity index (χ3n) is 4.16. The van der Waals surface area contributed by atoms with E-state index in [0.29, 0.717) is 0 Å². The fourth-order valence-corrected chi connectivity index (χ4v) is 3.27. The molecule has 5 nitrogen and oxygen atoms in total. The number of primary amides is 1. The number of nitrogens with one attached hydrogen (secondary N) is 1. The van der Waals surface area contributed by atoms with E-state index in [1.54, 1.807) is 0 Å². The van der Waals surface area contributed by atoms with E-state index in [1.807, 2.05) is 12.1 Å². The lowest BCUT2D eigenvalue weighted by molar-refractivity contribution is -0.121. The summed E-state index contributed by atoms with van der Waals surface area (Å²) in [6.45, 7) is 1.04. The smallest absolute Gasteiger partial charge is 0.318 e. The summed E-state index contributed by atoms with van der Waals surface area (Å²) in [6.07, 6.45) is 2.05. The van der Waals surface area contributed by atoms with E-state index in [-0.39, 0.29) is 18.5 Å². The molecule has 1 aliphatic heterocycles. The van der Waals surface area contributed by atoms with Crippen LogP contribution in [0, 0.1) is 0 Å². The minimum Gasteiger partial charge on any atom is -0.351 e. The van der Waals surface area contributed by atoms with Gasteiger partial charge in [0.2, 0.25) is 5.91 Å². The Labute approximate surface area is 129 Å². The van der Waals surface area contributed by atoms with E-state index in [1.165, 1.54) is 16.3 Å². The molecular weight excluding hydrogens is 278 g/mol. The molecule has 5 heteroatoms. The van der Waals surface area contributed by atoms with Crippen LogP contribution in [-0.4, -0.2) is 29.9 Å². The number of carbonyl (C=O) groups excluding carboxylic acids is 2. The number of nitrogens with zero attached hydrogens (tertiary/aromatic N) is 1. The van der Waals surface area contributed by atoms with E-state index in [9.17, 15) is 9.59 Å². The fourth-order valence-electron chi connectivity index (χ4n) is 3.27. The molecule has 0 radical (unpaired) electrons. The lowest BCUT2D eigenvalue weighted by Gasteiger charge is -2.25. The van der Waals surface area contributed by atoms with Gasteiger partial charge in [-0.3, -0.25) is 15.0 Å². The number of rotatable bonds is 3. The Bertz CT molecular complexity index is 709. The Hall–Kier alpha value is -2.40. The van der Waals surface area contributed by atoms with Crippen LogP contribution in [-0.2, 0) is 4.79 Å².